The van der Waals surface area contributed by atoms with Crippen LogP contribution in [0.3, 0.4) is 0 Å². The van der Waals surface area contributed by atoms with Crippen molar-refractivity contribution >= 4 is 30.9 Å². The number of likely N-dealkylation sites (tertiary alicyclic amines) is 1. The molecule has 0 bridgehead atoms. The van der Waals surface area contributed by atoms with Gasteiger partial charge in [0, 0.05) is 29.5 Å². The van der Waals surface area contributed by atoms with E-state index in [1.54, 1.807) is 6.07 Å². The summed E-state index contributed by atoms with van der Waals surface area (Å²) < 4.78 is 33.3. The highest BCUT2D eigenvalue weighted by atomic mass is 35.5. The number of fused-ring (bicyclic) bond motifs is 1. The van der Waals surface area contributed by atoms with Gasteiger partial charge in [-0.2, -0.15) is 0 Å². The second kappa shape index (κ2) is 16.6. The number of phenolic OH excluding ortho intramolecular Hbond substituents is 2. The second-order valence-corrected chi connectivity index (χ2v) is 10.2. The number of allylic oxidation sites excluding steroid dienone is 1. The van der Waals surface area contributed by atoms with E-state index in [0.29, 0.717) is 5.56 Å². The first-order valence-corrected chi connectivity index (χ1v) is 13.3. The molecule has 2 aliphatic heterocycles. The number of phenols is 2. The van der Waals surface area contributed by atoms with Crippen LogP contribution < -0.4 is 5.73 Å². The Morgan fingerprint density at radius 2 is 1.40 bits per heavy atom. The van der Waals surface area contributed by atoms with Gasteiger partial charge in [-0.3, -0.25) is 0 Å². The van der Waals surface area contributed by atoms with E-state index < -0.39 is 0 Å². The molecule has 0 radical (unpaired) electrons. The monoisotopic (exact) mass is 628 g/mol. The Morgan fingerprint density at radius 3 is 1.93 bits per heavy atom. The Labute approximate surface area is 257 Å². The quantitative estimate of drug-likeness (QED) is 0.291. The van der Waals surface area contributed by atoms with E-state index in [1.165, 1.54) is 30.3 Å². The Kier molecular flexibility index (Phi) is 14.7. The molecule has 2 aliphatic rings. The first-order valence-electron chi connectivity index (χ1n) is 13.3. The number of nitrogens with two attached hydrogens (primary N) is 1. The van der Waals surface area contributed by atoms with Crippen molar-refractivity contribution in [1.29, 1.82) is 0 Å². The van der Waals surface area contributed by atoms with Gasteiger partial charge in [-0.1, -0.05) is 30.3 Å². The van der Waals surface area contributed by atoms with Crippen molar-refractivity contribution in [3.63, 3.8) is 0 Å². The minimum atomic E-state index is -0.343. The fourth-order valence-corrected chi connectivity index (χ4v) is 5.71. The average Bonchev–Trinajstić information content (AvgIpc) is 2.94. The normalized spacial score (nSPS) is 16.5. The lowest BCUT2D eigenvalue weighted by atomic mass is 9.87. The molecule has 3 aromatic rings. The van der Waals surface area contributed by atoms with E-state index in [2.05, 4.69) is 4.90 Å². The molecule has 232 valence electrons. The number of aromatic hydroxyl groups is 2. The first kappa shape index (κ1) is 37.1. The van der Waals surface area contributed by atoms with E-state index in [-0.39, 0.29) is 83.4 Å². The molecule has 7 nitrogen and oxygen atoms in total. The van der Waals surface area contributed by atoms with Crippen molar-refractivity contribution < 1.29 is 34.7 Å². The van der Waals surface area contributed by atoms with E-state index in [0.717, 1.165) is 67.8 Å². The number of benzene rings is 3. The van der Waals surface area contributed by atoms with Gasteiger partial charge in [0.25, 0.3) is 0 Å². The van der Waals surface area contributed by atoms with Crippen LogP contribution in [0.1, 0.15) is 60.0 Å². The number of nitrogens with zero attached hydrogens (tertiary/aromatic N) is 1. The third-order valence-corrected chi connectivity index (χ3v) is 7.86. The molecular weight excluding hydrogens is 589 g/mol. The standard InChI is InChI=1S/C31H34F2N2O3.2ClH.2H2O/c32-23-7-3-20(4-8-23)25(21-5-9-24(33)10-6-21)2-1-15-35-16-13-22(14-17-35)29-18-27-26(30(19-34)38-29)11-12-28(36)31(27)37;;;;/h3-12,18,22,25,30,36-37H,1-2,13-17,19,34H2;2*1H;2*1H2. The highest BCUT2D eigenvalue weighted by Crippen LogP contribution is 2.43. The van der Waals surface area contributed by atoms with Crippen molar-refractivity contribution in [3.8, 4) is 11.5 Å². The molecule has 1 fully saturated rings. The zero-order chi connectivity index (χ0) is 26.6. The molecule has 8 N–H and O–H groups in total. The summed E-state index contributed by atoms with van der Waals surface area (Å²) in [5.74, 6) is 0.316. The predicted octanol–water partition coefficient (Wildman–Crippen LogP) is 5.27. The molecule has 2 heterocycles. The van der Waals surface area contributed by atoms with Crippen molar-refractivity contribution in [2.75, 3.05) is 26.2 Å². The Hall–Kier alpha value is -2.92. The minimum Gasteiger partial charge on any atom is -0.504 e. The Morgan fingerprint density at radius 1 is 0.857 bits per heavy atom. The van der Waals surface area contributed by atoms with Gasteiger partial charge in [0.15, 0.2) is 11.5 Å². The molecule has 0 aromatic heterocycles. The summed E-state index contributed by atoms with van der Waals surface area (Å²) in [6, 6.07) is 16.4. The summed E-state index contributed by atoms with van der Waals surface area (Å²) in [5.41, 5.74) is 9.40. The lowest BCUT2D eigenvalue weighted by molar-refractivity contribution is 0.0758. The van der Waals surface area contributed by atoms with Crippen LogP contribution in [-0.2, 0) is 4.74 Å². The Balaban J connectivity index is 0.00000220. The first-order chi connectivity index (χ1) is 18.4. The summed E-state index contributed by atoms with van der Waals surface area (Å²) in [5, 5.41) is 20.4. The number of hydrogen-bond acceptors (Lipinski definition) is 5. The molecular formula is C31H40Cl2F2N2O5. The van der Waals surface area contributed by atoms with Crippen molar-refractivity contribution in [1.82, 2.24) is 4.90 Å². The maximum atomic E-state index is 13.5. The summed E-state index contributed by atoms with van der Waals surface area (Å²) in [6.07, 6.45) is 5.20. The number of ether oxygens (including phenoxy) is 1. The molecule has 0 aliphatic carbocycles. The molecule has 42 heavy (non-hydrogen) atoms. The second-order valence-electron chi connectivity index (χ2n) is 10.2. The van der Waals surface area contributed by atoms with Gasteiger partial charge in [0.05, 0.1) is 0 Å². The molecule has 3 aromatic carbocycles. The topological polar surface area (TPSA) is 142 Å². The number of rotatable bonds is 8. The van der Waals surface area contributed by atoms with Crippen molar-refractivity contribution in [3.05, 3.63) is 100 Å². The SMILES string of the molecule is Cl.Cl.NCC1OC(C2CCN(CCCC(c3ccc(F)cc3)c3ccc(F)cc3)CC2)=Cc2c1ccc(O)c2O.O.O. The largest absolute Gasteiger partial charge is 0.504 e. The molecule has 5 rings (SSSR count). The van der Waals surface area contributed by atoms with Crippen LogP contribution in [0.5, 0.6) is 11.5 Å². The molecule has 0 spiro atoms. The predicted molar refractivity (Wildman–Crippen MR) is 165 cm³/mol. The van der Waals surface area contributed by atoms with Gasteiger partial charge < -0.3 is 36.5 Å². The fourth-order valence-electron chi connectivity index (χ4n) is 5.71. The summed E-state index contributed by atoms with van der Waals surface area (Å²) in [7, 11) is 0. The molecule has 1 unspecified atom stereocenters. The zero-order valence-corrected chi connectivity index (χ0v) is 24.8. The van der Waals surface area contributed by atoms with Crippen LogP contribution >= 0.6 is 24.8 Å². The zero-order valence-electron chi connectivity index (χ0n) is 23.1. The van der Waals surface area contributed by atoms with Gasteiger partial charge in [0.2, 0.25) is 0 Å². The van der Waals surface area contributed by atoms with Gasteiger partial charge in [-0.15, -0.1) is 24.8 Å². The third kappa shape index (κ3) is 8.34. The van der Waals surface area contributed by atoms with Crippen LogP contribution in [0, 0.1) is 17.6 Å². The van der Waals surface area contributed by atoms with Crippen LogP contribution in [0.25, 0.3) is 6.08 Å². The molecule has 0 saturated carbocycles. The maximum absolute atomic E-state index is 13.5. The van der Waals surface area contributed by atoms with E-state index in [1.807, 2.05) is 30.3 Å². The van der Waals surface area contributed by atoms with Crippen LogP contribution in [0.2, 0.25) is 0 Å². The van der Waals surface area contributed by atoms with Gasteiger partial charge in [-0.25, -0.2) is 8.78 Å². The number of piperidine rings is 1. The lowest BCUT2D eigenvalue weighted by Gasteiger charge is -2.36. The maximum Gasteiger partial charge on any atom is 0.165 e. The Bertz CT molecular complexity index is 1240. The van der Waals surface area contributed by atoms with Gasteiger partial charge >= 0.3 is 0 Å². The highest BCUT2D eigenvalue weighted by Gasteiger charge is 2.31. The molecule has 1 saturated heterocycles. The molecule has 11 heteroatoms. The smallest absolute Gasteiger partial charge is 0.165 e. The molecule has 0 amide bonds. The highest BCUT2D eigenvalue weighted by molar-refractivity contribution is 5.85. The number of hydrogen-bond donors (Lipinski definition) is 3. The van der Waals surface area contributed by atoms with Crippen molar-refractivity contribution in [2.24, 2.45) is 11.7 Å². The third-order valence-electron chi connectivity index (χ3n) is 7.86. The van der Waals surface area contributed by atoms with E-state index >= 15 is 0 Å². The number of halogens is 4. The van der Waals surface area contributed by atoms with E-state index in [9.17, 15) is 19.0 Å². The van der Waals surface area contributed by atoms with Crippen LogP contribution in [0.4, 0.5) is 8.78 Å². The summed E-state index contributed by atoms with van der Waals surface area (Å²) in [4.78, 5) is 2.45. The molecule has 1 atom stereocenters. The van der Waals surface area contributed by atoms with E-state index in [4.69, 9.17) is 10.5 Å². The minimum absolute atomic E-state index is 0. The van der Waals surface area contributed by atoms with Gasteiger partial charge in [-0.05, 0) is 92.9 Å². The van der Waals surface area contributed by atoms with Crippen LogP contribution in [-0.4, -0.2) is 52.2 Å². The lowest BCUT2D eigenvalue weighted by Crippen LogP contribution is -2.36. The van der Waals surface area contributed by atoms with Crippen molar-refractivity contribution in [2.45, 2.75) is 37.7 Å². The fraction of sp³-hybridized carbons (Fsp3) is 0.355. The summed E-state index contributed by atoms with van der Waals surface area (Å²) in [6.45, 7) is 3.08. The van der Waals surface area contributed by atoms with Gasteiger partial charge in [0.1, 0.15) is 23.5 Å². The summed E-state index contributed by atoms with van der Waals surface area (Å²) >= 11 is 0. The average molecular weight is 630 g/mol. The van der Waals surface area contributed by atoms with Crippen LogP contribution in [0.15, 0.2) is 66.4 Å².